The molecule has 150 valence electrons. The summed E-state index contributed by atoms with van der Waals surface area (Å²) in [5, 5.41) is 15.0. The topological polar surface area (TPSA) is 73.6 Å². The maximum atomic E-state index is 10.8. The van der Waals surface area contributed by atoms with Crippen molar-refractivity contribution in [2.45, 2.75) is 13.2 Å². The molecule has 0 bridgehead atoms. The summed E-state index contributed by atoms with van der Waals surface area (Å²) in [5.41, 5.74) is 2.52. The molecule has 0 aromatic heterocycles. The molecule has 1 N–H and O–H groups in total. The van der Waals surface area contributed by atoms with Gasteiger partial charge in [-0.3, -0.25) is 10.1 Å². The van der Waals surface area contributed by atoms with E-state index in [4.69, 9.17) is 32.7 Å². The molecule has 0 aliphatic rings. The van der Waals surface area contributed by atoms with E-state index in [9.17, 15) is 10.1 Å². The first kappa shape index (κ1) is 20.8. The van der Waals surface area contributed by atoms with Crippen LogP contribution in [0.25, 0.3) is 0 Å². The molecule has 0 amide bonds. The Bertz CT molecular complexity index is 993. The van der Waals surface area contributed by atoms with Crippen LogP contribution in [0.1, 0.15) is 11.1 Å². The summed E-state index contributed by atoms with van der Waals surface area (Å²) in [6.45, 7) is 0.664. The third-order valence-corrected chi connectivity index (χ3v) is 4.69. The second-order valence-electron chi connectivity index (χ2n) is 6.17. The lowest BCUT2D eigenvalue weighted by Gasteiger charge is -2.15. The Morgan fingerprint density at radius 1 is 1.03 bits per heavy atom. The van der Waals surface area contributed by atoms with Crippen LogP contribution in [-0.2, 0) is 13.2 Å². The number of benzene rings is 3. The van der Waals surface area contributed by atoms with Gasteiger partial charge in [-0.15, -0.1) is 0 Å². The van der Waals surface area contributed by atoms with Gasteiger partial charge in [0.15, 0.2) is 0 Å². The summed E-state index contributed by atoms with van der Waals surface area (Å²) in [5.74, 6) is 1.28. The fourth-order valence-electron chi connectivity index (χ4n) is 2.68. The van der Waals surface area contributed by atoms with Gasteiger partial charge in [0.2, 0.25) is 0 Å². The van der Waals surface area contributed by atoms with E-state index in [0.29, 0.717) is 22.3 Å². The number of hydrogen-bond donors (Lipinski definition) is 1. The molecule has 0 saturated carbocycles. The number of nitro groups is 1. The lowest BCUT2D eigenvalue weighted by Crippen LogP contribution is -2.04. The zero-order valence-corrected chi connectivity index (χ0v) is 17.0. The lowest BCUT2D eigenvalue weighted by molar-refractivity contribution is -0.384. The molecule has 0 fully saturated rings. The van der Waals surface area contributed by atoms with E-state index < -0.39 is 4.92 Å². The lowest BCUT2D eigenvalue weighted by atomic mass is 10.1. The Morgan fingerprint density at radius 3 is 2.34 bits per heavy atom. The normalized spacial score (nSPS) is 10.4. The van der Waals surface area contributed by atoms with Crippen LogP contribution in [0.4, 0.5) is 11.4 Å². The number of hydrogen-bond acceptors (Lipinski definition) is 5. The van der Waals surface area contributed by atoms with Crippen molar-refractivity contribution in [1.82, 2.24) is 0 Å². The summed E-state index contributed by atoms with van der Waals surface area (Å²) < 4.78 is 11.1. The van der Waals surface area contributed by atoms with Gasteiger partial charge >= 0.3 is 0 Å². The second-order valence-corrected chi connectivity index (χ2v) is 7.01. The predicted molar refractivity (Wildman–Crippen MR) is 114 cm³/mol. The van der Waals surface area contributed by atoms with Crippen molar-refractivity contribution in [2.24, 2.45) is 0 Å². The highest BCUT2D eigenvalue weighted by atomic mass is 35.5. The van der Waals surface area contributed by atoms with E-state index in [1.165, 1.54) is 12.1 Å². The third-order valence-electron chi connectivity index (χ3n) is 4.19. The van der Waals surface area contributed by atoms with E-state index in [-0.39, 0.29) is 12.3 Å². The van der Waals surface area contributed by atoms with Crippen molar-refractivity contribution in [2.75, 3.05) is 12.4 Å². The molecule has 29 heavy (non-hydrogen) atoms. The molecule has 3 rings (SSSR count). The number of methoxy groups -OCH3 is 1. The fraction of sp³-hybridized carbons (Fsp3) is 0.143. The van der Waals surface area contributed by atoms with E-state index in [1.807, 2.05) is 24.3 Å². The number of anilines is 1. The van der Waals surface area contributed by atoms with E-state index in [1.54, 1.807) is 31.4 Å². The van der Waals surface area contributed by atoms with Crippen molar-refractivity contribution in [3.05, 3.63) is 92.0 Å². The van der Waals surface area contributed by atoms with Crippen LogP contribution in [0, 0.1) is 10.1 Å². The number of nitrogens with one attached hydrogen (secondary N) is 1. The van der Waals surface area contributed by atoms with Crippen molar-refractivity contribution in [1.29, 1.82) is 0 Å². The molecule has 3 aromatic carbocycles. The van der Waals surface area contributed by atoms with Crippen LogP contribution in [0.3, 0.4) is 0 Å². The zero-order valence-electron chi connectivity index (χ0n) is 15.5. The third kappa shape index (κ3) is 5.53. The summed E-state index contributed by atoms with van der Waals surface area (Å²) in [6.07, 6.45) is 0. The highest BCUT2D eigenvalue weighted by molar-refractivity contribution is 6.35. The van der Waals surface area contributed by atoms with Gasteiger partial charge in [-0.05, 0) is 54.1 Å². The van der Waals surface area contributed by atoms with E-state index in [2.05, 4.69) is 5.32 Å². The molecule has 0 spiro atoms. The van der Waals surface area contributed by atoms with Gasteiger partial charge in [-0.25, -0.2) is 0 Å². The Balaban J connectivity index is 1.72. The minimum Gasteiger partial charge on any atom is -0.497 e. The number of ether oxygens (including phenoxy) is 2. The Morgan fingerprint density at radius 2 is 1.72 bits per heavy atom. The van der Waals surface area contributed by atoms with Crippen molar-refractivity contribution in [3.63, 3.8) is 0 Å². The highest BCUT2D eigenvalue weighted by Crippen LogP contribution is 2.34. The number of nitrogens with zero attached hydrogens (tertiary/aromatic N) is 1. The maximum absolute atomic E-state index is 10.8. The van der Waals surface area contributed by atoms with Crippen LogP contribution in [0.15, 0.2) is 60.7 Å². The van der Waals surface area contributed by atoms with E-state index >= 15 is 0 Å². The Hall–Kier alpha value is -2.96. The zero-order chi connectivity index (χ0) is 20.8. The molecule has 0 heterocycles. The van der Waals surface area contributed by atoms with Gasteiger partial charge in [0.05, 0.1) is 17.1 Å². The van der Waals surface area contributed by atoms with Crippen LogP contribution in [-0.4, -0.2) is 12.0 Å². The highest BCUT2D eigenvalue weighted by Gasteiger charge is 2.12. The maximum Gasteiger partial charge on any atom is 0.269 e. The average Bonchev–Trinajstić information content (AvgIpc) is 2.72. The predicted octanol–water partition coefficient (Wildman–Crippen LogP) is 6.10. The SMILES string of the molecule is COc1ccc(NCc2cc(Cl)cc(Cl)c2OCc2ccc([N+](=O)[O-])cc2)cc1. The Kier molecular flexibility index (Phi) is 6.80. The number of rotatable bonds is 8. The summed E-state index contributed by atoms with van der Waals surface area (Å²) >= 11 is 12.5. The second kappa shape index (κ2) is 9.49. The minimum absolute atomic E-state index is 0.0302. The summed E-state index contributed by atoms with van der Waals surface area (Å²) in [4.78, 5) is 10.3. The van der Waals surface area contributed by atoms with Gasteiger partial charge in [-0.1, -0.05) is 23.2 Å². The summed E-state index contributed by atoms with van der Waals surface area (Å²) in [7, 11) is 1.62. The molecule has 8 heteroatoms. The molecule has 6 nitrogen and oxygen atoms in total. The first-order valence-electron chi connectivity index (χ1n) is 8.68. The van der Waals surface area contributed by atoms with Crippen molar-refractivity contribution in [3.8, 4) is 11.5 Å². The molecule has 0 aliphatic carbocycles. The average molecular weight is 433 g/mol. The summed E-state index contributed by atoms with van der Waals surface area (Å²) in [6, 6.07) is 17.1. The van der Waals surface area contributed by atoms with Crippen molar-refractivity contribution >= 4 is 34.6 Å². The number of nitro benzene ring substituents is 1. The molecule has 0 aliphatic heterocycles. The molecule has 0 atom stereocenters. The van der Waals surface area contributed by atoms with Gasteiger partial charge in [0.25, 0.3) is 5.69 Å². The van der Waals surface area contributed by atoms with Crippen LogP contribution < -0.4 is 14.8 Å². The van der Waals surface area contributed by atoms with Crippen LogP contribution in [0.2, 0.25) is 10.0 Å². The fourth-order valence-corrected chi connectivity index (χ4v) is 3.27. The number of non-ortho nitro benzene ring substituents is 1. The Labute approximate surface area is 178 Å². The standard InChI is InChI=1S/C21H18Cl2N2O4/c1-28-19-8-4-17(5-9-19)24-12-15-10-16(22)11-20(23)21(15)29-13-14-2-6-18(7-3-14)25(26)27/h2-11,24H,12-13H2,1H3. The smallest absolute Gasteiger partial charge is 0.269 e. The molecule has 0 radical (unpaired) electrons. The largest absolute Gasteiger partial charge is 0.497 e. The monoisotopic (exact) mass is 432 g/mol. The van der Waals surface area contributed by atoms with E-state index in [0.717, 1.165) is 22.6 Å². The van der Waals surface area contributed by atoms with Gasteiger partial charge in [0, 0.05) is 35.0 Å². The molecule has 0 unspecified atom stereocenters. The first-order chi connectivity index (χ1) is 14.0. The van der Waals surface area contributed by atoms with Gasteiger partial charge in [-0.2, -0.15) is 0 Å². The molecular weight excluding hydrogens is 415 g/mol. The molecular formula is C21H18Cl2N2O4. The quantitative estimate of drug-likeness (QED) is 0.343. The minimum atomic E-state index is -0.441. The van der Waals surface area contributed by atoms with Gasteiger partial charge < -0.3 is 14.8 Å². The first-order valence-corrected chi connectivity index (χ1v) is 9.44. The van der Waals surface area contributed by atoms with Crippen LogP contribution in [0.5, 0.6) is 11.5 Å². The van der Waals surface area contributed by atoms with Gasteiger partial charge in [0.1, 0.15) is 18.1 Å². The van der Waals surface area contributed by atoms with Crippen LogP contribution >= 0.6 is 23.2 Å². The molecule has 3 aromatic rings. The molecule has 0 saturated heterocycles. The number of halogens is 2. The van der Waals surface area contributed by atoms with Crippen molar-refractivity contribution < 1.29 is 14.4 Å².